The molecule has 0 aliphatic carbocycles. The summed E-state index contributed by atoms with van der Waals surface area (Å²) < 4.78 is 28.1. The molecule has 4 rings (SSSR count). The van der Waals surface area contributed by atoms with E-state index in [0.717, 1.165) is 28.7 Å². The van der Waals surface area contributed by atoms with E-state index in [9.17, 15) is 13.2 Å². The molecule has 35 heavy (non-hydrogen) atoms. The van der Waals surface area contributed by atoms with Crippen LogP contribution in [0.1, 0.15) is 53.9 Å². The third-order valence-electron chi connectivity index (χ3n) is 6.25. The average molecular weight is 509 g/mol. The topological polar surface area (TPSA) is 57.7 Å². The van der Waals surface area contributed by atoms with Crippen molar-refractivity contribution in [3.05, 3.63) is 98.6 Å². The van der Waals surface area contributed by atoms with Gasteiger partial charge in [-0.25, -0.2) is 8.42 Å². The number of carbonyl (C=O) groups is 1. The Morgan fingerprint density at radius 2 is 1.77 bits per heavy atom. The van der Waals surface area contributed by atoms with Crippen LogP contribution in [0.4, 0.5) is 0 Å². The molecule has 0 bridgehead atoms. The highest BCUT2D eigenvalue weighted by Gasteiger charge is 2.38. The van der Waals surface area contributed by atoms with Crippen LogP contribution in [0.25, 0.3) is 6.08 Å². The minimum atomic E-state index is -3.84. The van der Waals surface area contributed by atoms with Crippen LogP contribution in [0.5, 0.6) is 0 Å². The summed E-state index contributed by atoms with van der Waals surface area (Å²) in [4.78, 5) is 16.9. The van der Waals surface area contributed by atoms with Crippen molar-refractivity contribution in [3.8, 4) is 0 Å². The normalized spacial score (nSPS) is 16.6. The van der Waals surface area contributed by atoms with Gasteiger partial charge in [0.1, 0.15) is 0 Å². The largest absolute Gasteiger partial charge is 0.330 e. The van der Waals surface area contributed by atoms with Gasteiger partial charge in [-0.15, -0.1) is 11.3 Å². The highest BCUT2D eigenvalue weighted by Crippen LogP contribution is 2.38. The van der Waals surface area contributed by atoms with E-state index >= 15 is 0 Å². The summed E-state index contributed by atoms with van der Waals surface area (Å²) in [5, 5.41) is 3.27. The van der Waals surface area contributed by atoms with Gasteiger partial charge < -0.3 is 4.90 Å². The molecule has 184 valence electrons. The molecule has 1 amide bonds. The Hall–Kier alpha value is -2.74. The number of fused-ring (bicyclic) bond motifs is 1. The first-order valence-corrected chi connectivity index (χ1v) is 14.1. The second-order valence-electron chi connectivity index (χ2n) is 9.89. The molecule has 1 aliphatic rings. The highest BCUT2D eigenvalue weighted by molar-refractivity contribution is 7.92. The van der Waals surface area contributed by atoms with Crippen molar-refractivity contribution in [2.45, 2.75) is 45.7 Å². The maximum Gasteiger partial charge on any atom is 0.238 e. The van der Waals surface area contributed by atoms with Gasteiger partial charge in [-0.05, 0) is 68.3 Å². The number of amides is 1. The summed E-state index contributed by atoms with van der Waals surface area (Å²) in [5.74, 6) is -0.195. The van der Waals surface area contributed by atoms with Crippen LogP contribution in [0, 0.1) is 6.92 Å². The van der Waals surface area contributed by atoms with Crippen LogP contribution in [0.15, 0.2) is 71.5 Å². The van der Waals surface area contributed by atoms with Crippen molar-refractivity contribution in [2.24, 2.45) is 0 Å². The highest BCUT2D eigenvalue weighted by atomic mass is 32.2. The fourth-order valence-electron chi connectivity index (χ4n) is 4.42. The third-order valence-corrected chi connectivity index (χ3v) is 9.01. The quantitative estimate of drug-likeness (QED) is 0.434. The number of aryl methyl sites for hydroxylation is 1. The molecule has 1 aromatic heterocycles. The molecule has 0 fully saturated rings. The van der Waals surface area contributed by atoms with E-state index in [0.29, 0.717) is 6.54 Å². The number of hydrogen-bond acceptors (Lipinski definition) is 4. The molecule has 2 heterocycles. The maximum absolute atomic E-state index is 13.8. The summed E-state index contributed by atoms with van der Waals surface area (Å²) in [6.45, 7) is 7.84. The van der Waals surface area contributed by atoms with E-state index in [1.54, 1.807) is 17.4 Å². The molecule has 2 aromatic carbocycles. The monoisotopic (exact) mass is 508 g/mol. The third kappa shape index (κ3) is 5.74. The number of rotatable bonds is 6. The lowest BCUT2D eigenvalue weighted by atomic mass is 9.92. The summed E-state index contributed by atoms with van der Waals surface area (Å²) in [5.41, 5.74) is 3.35. The Labute approximate surface area is 212 Å². The molecule has 0 saturated carbocycles. The van der Waals surface area contributed by atoms with Gasteiger partial charge in [0.25, 0.3) is 0 Å². The van der Waals surface area contributed by atoms with E-state index in [1.807, 2.05) is 62.9 Å². The van der Waals surface area contributed by atoms with Gasteiger partial charge in [0, 0.05) is 22.4 Å². The van der Waals surface area contributed by atoms with Gasteiger partial charge >= 0.3 is 0 Å². The molecule has 1 aliphatic heterocycles. The van der Waals surface area contributed by atoms with Gasteiger partial charge in [0.15, 0.2) is 0 Å². The van der Waals surface area contributed by atoms with E-state index in [1.165, 1.54) is 14.6 Å². The summed E-state index contributed by atoms with van der Waals surface area (Å²) >= 11 is 1.71. The SMILES string of the molecule is Cc1ccc(C2c3ccsc3CCN2C(=O)CN(C(C)(C)C)S(=O)(=O)C=Cc2ccccc2)cc1. The van der Waals surface area contributed by atoms with E-state index in [4.69, 9.17) is 0 Å². The van der Waals surface area contributed by atoms with Gasteiger partial charge in [-0.1, -0.05) is 60.2 Å². The first kappa shape index (κ1) is 25.4. The molecular weight excluding hydrogens is 476 g/mol. The van der Waals surface area contributed by atoms with Crippen molar-refractivity contribution in [3.63, 3.8) is 0 Å². The first-order chi connectivity index (χ1) is 16.6. The summed E-state index contributed by atoms with van der Waals surface area (Å²) in [6, 6.07) is 19.4. The Kier molecular flexibility index (Phi) is 7.31. The van der Waals surface area contributed by atoms with E-state index in [2.05, 4.69) is 35.7 Å². The predicted molar refractivity (Wildman–Crippen MR) is 144 cm³/mol. The van der Waals surface area contributed by atoms with Crippen molar-refractivity contribution in [2.75, 3.05) is 13.1 Å². The molecule has 0 saturated heterocycles. The van der Waals surface area contributed by atoms with Crippen molar-refractivity contribution < 1.29 is 13.2 Å². The van der Waals surface area contributed by atoms with Crippen molar-refractivity contribution in [1.29, 1.82) is 0 Å². The lowest BCUT2D eigenvalue weighted by Gasteiger charge is -2.39. The molecule has 0 spiro atoms. The van der Waals surface area contributed by atoms with Crippen molar-refractivity contribution >= 4 is 33.3 Å². The van der Waals surface area contributed by atoms with Gasteiger partial charge in [-0.2, -0.15) is 4.31 Å². The van der Waals surface area contributed by atoms with Crippen molar-refractivity contribution in [1.82, 2.24) is 9.21 Å². The van der Waals surface area contributed by atoms with Gasteiger partial charge in [0.2, 0.25) is 15.9 Å². The molecule has 7 heteroatoms. The number of nitrogens with zero attached hydrogens (tertiary/aromatic N) is 2. The number of carbonyl (C=O) groups excluding carboxylic acids is 1. The average Bonchev–Trinajstić information content (AvgIpc) is 3.30. The molecule has 0 N–H and O–H groups in total. The lowest BCUT2D eigenvalue weighted by molar-refractivity contribution is -0.134. The predicted octanol–water partition coefficient (Wildman–Crippen LogP) is 5.63. The minimum Gasteiger partial charge on any atom is -0.330 e. The molecule has 1 unspecified atom stereocenters. The van der Waals surface area contributed by atoms with E-state index < -0.39 is 15.6 Å². The second-order valence-corrected chi connectivity index (χ2v) is 12.6. The first-order valence-electron chi connectivity index (χ1n) is 11.7. The second kappa shape index (κ2) is 10.1. The zero-order chi connectivity index (χ0) is 25.2. The number of benzene rings is 2. The van der Waals surface area contributed by atoms with Crippen LogP contribution in [-0.2, 0) is 21.2 Å². The molecule has 5 nitrogen and oxygen atoms in total. The molecule has 0 radical (unpaired) electrons. The maximum atomic E-state index is 13.8. The zero-order valence-electron chi connectivity index (χ0n) is 20.6. The van der Waals surface area contributed by atoms with Crippen LogP contribution in [0.3, 0.4) is 0 Å². The Bertz CT molecular complexity index is 1300. The number of thiophene rings is 1. The Morgan fingerprint density at radius 1 is 1.09 bits per heavy atom. The van der Waals surface area contributed by atoms with Gasteiger partial charge in [-0.3, -0.25) is 4.79 Å². The lowest BCUT2D eigenvalue weighted by Crippen LogP contribution is -2.52. The number of hydrogen-bond donors (Lipinski definition) is 0. The molecule has 3 aromatic rings. The zero-order valence-corrected chi connectivity index (χ0v) is 22.3. The van der Waals surface area contributed by atoms with Crippen LogP contribution in [0.2, 0.25) is 0 Å². The minimum absolute atomic E-state index is 0.195. The Morgan fingerprint density at radius 3 is 2.43 bits per heavy atom. The van der Waals surface area contributed by atoms with Gasteiger partial charge in [0.05, 0.1) is 12.6 Å². The number of sulfonamides is 1. The summed E-state index contributed by atoms with van der Waals surface area (Å²) in [7, 11) is -3.84. The van der Waals surface area contributed by atoms with Crippen LogP contribution < -0.4 is 0 Å². The molecule has 1 atom stereocenters. The molecular formula is C28H32N2O3S2. The summed E-state index contributed by atoms with van der Waals surface area (Å²) in [6.07, 6.45) is 2.35. The van der Waals surface area contributed by atoms with Crippen LogP contribution >= 0.6 is 11.3 Å². The fraction of sp³-hybridized carbons (Fsp3) is 0.321. The standard InChI is InChI=1S/C28H32N2O3S2/c1-21-10-12-23(13-11-21)27-24-15-18-34-25(24)14-17-29(27)26(31)20-30(28(2,3)4)35(32,33)19-16-22-8-6-5-7-9-22/h5-13,15-16,18-19,27H,14,17,20H2,1-4H3. The van der Waals surface area contributed by atoms with E-state index in [-0.39, 0.29) is 18.5 Å². The Balaban J connectivity index is 1.64. The smallest absolute Gasteiger partial charge is 0.238 e. The fourth-order valence-corrected chi connectivity index (χ4v) is 6.85. The van der Waals surface area contributed by atoms with Crippen LogP contribution in [-0.4, -0.2) is 42.2 Å².